The fourth-order valence-electron chi connectivity index (χ4n) is 10.2. The molecule has 262 valence electrons. The summed E-state index contributed by atoms with van der Waals surface area (Å²) in [5, 5.41) is 18.2. The van der Waals surface area contributed by atoms with Crippen molar-refractivity contribution in [1.29, 1.82) is 0 Å². The summed E-state index contributed by atoms with van der Waals surface area (Å²) in [6.45, 7) is 9.77. The Labute approximate surface area is 330 Å². The van der Waals surface area contributed by atoms with Crippen LogP contribution < -0.4 is 0 Å². The van der Waals surface area contributed by atoms with Gasteiger partial charge >= 0.3 is 0 Å². The lowest BCUT2D eigenvalue weighted by Gasteiger charge is -2.19. The molecule has 0 amide bonds. The summed E-state index contributed by atoms with van der Waals surface area (Å²) in [6.07, 6.45) is 0. The van der Waals surface area contributed by atoms with E-state index in [4.69, 9.17) is 6.57 Å². The molecule has 12 aromatic rings. The van der Waals surface area contributed by atoms with Gasteiger partial charge in [-0.2, -0.15) is 0 Å². The van der Waals surface area contributed by atoms with Crippen molar-refractivity contribution >= 4 is 81.1 Å². The number of benzene rings is 10. The summed E-state index contributed by atoms with van der Waals surface area (Å²) >= 11 is 0. The zero-order valence-corrected chi connectivity index (χ0v) is 31.3. The van der Waals surface area contributed by atoms with E-state index in [1.54, 1.807) is 0 Å². The molecule has 0 N–H and O–H groups in total. The average molecular weight is 720 g/mol. The van der Waals surface area contributed by atoms with E-state index in [9.17, 15) is 0 Å². The lowest BCUT2D eigenvalue weighted by Crippen LogP contribution is -1.91. The van der Waals surface area contributed by atoms with Crippen molar-refractivity contribution in [3.8, 4) is 44.5 Å². The second kappa shape index (κ2) is 12.0. The fraction of sp³-hybridized carbons (Fsp3) is 0.0179. The van der Waals surface area contributed by atoms with E-state index in [0.717, 1.165) is 16.7 Å². The first-order chi connectivity index (χ1) is 28.2. The van der Waals surface area contributed by atoms with Crippen LogP contribution in [0.5, 0.6) is 0 Å². The Kier molecular flexibility index (Phi) is 6.68. The van der Waals surface area contributed by atoms with Crippen molar-refractivity contribution in [3.05, 3.63) is 199 Å². The van der Waals surface area contributed by atoms with Crippen molar-refractivity contribution in [1.82, 2.24) is 0 Å². The lowest BCUT2D eigenvalue weighted by molar-refractivity contribution is 1.47. The van der Waals surface area contributed by atoms with Crippen LogP contribution in [0.25, 0.3) is 125 Å². The van der Waals surface area contributed by atoms with Gasteiger partial charge in [0.25, 0.3) is 0 Å². The van der Waals surface area contributed by atoms with Gasteiger partial charge < -0.3 is 0 Å². The molecule has 0 radical (unpaired) electrons. The highest BCUT2D eigenvalue weighted by atomic mass is 14.6. The van der Waals surface area contributed by atoms with E-state index in [1.807, 2.05) is 12.1 Å². The maximum absolute atomic E-state index is 7.72. The van der Waals surface area contributed by atoms with Crippen LogP contribution in [0.1, 0.15) is 5.56 Å². The van der Waals surface area contributed by atoms with Crippen LogP contribution in [0, 0.1) is 13.5 Å². The van der Waals surface area contributed by atoms with Crippen molar-refractivity contribution < 1.29 is 0 Å². The highest BCUT2D eigenvalue weighted by Gasteiger charge is 2.27. The molecule has 57 heavy (non-hydrogen) atoms. The van der Waals surface area contributed by atoms with Gasteiger partial charge in [-0.1, -0.05) is 170 Å². The van der Waals surface area contributed by atoms with Gasteiger partial charge in [0.1, 0.15) is 0 Å². The van der Waals surface area contributed by atoms with E-state index in [2.05, 4.69) is 182 Å². The van der Waals surface area contributed by atoms with Gasteiger partial charge in [-0.15, -0.1) is 0 Å². The van der Waals surface area contributed by atoms with Gasteiger partial charge in [-0.3, -0.25) is 0 Å². The average Bonchev–Trinajstić information content (AvgIpc) is 3.78. The molecule has 0 aliphatic carbocycles. The SMILES string of the molecule is [C-]#[N+]c1cccc(-c2cccc(-c3ccc4c5c(-c6ccccc6)c6c(cc7c8ccccc8c8cccc6c87)c(-c6ccccc6)c5c5cccc3c54)c2)c1C. The molecule has 1 nitrogen and oxygen atoms in total. The van der Waals surface area contributed by atoms with Crippen LogP contribution in [-0.2, 0) is 0 Å². The molecule has 0 bridgehead atoms. The van der Waals surface area contributed by atoms with Crippen molar-refractivity contribution in [3.63, 3.8) is 0 Å². The molecule has 0 spiro atoms. The fourth-order valence-corrected chi connectivity index (χ4v) is 10.2. The molecule has 12 rings (SSSR count). The first-order valence-electron chi connectivity index (χ1n) is 19.6. The Bertz CT molecular complexity index is 3630. The van der Waals surface area contributed by atoms with Crippen LogP contribution in [0.3, 0.4) is 0 Å². The standard InChI is InChI=1S/C56H33N/c1-33-38(23-14-28-49(33)57-2)36-19-11-20-37(31-36)39-29-30-46-52-42(39)24-12-27-45(52)55-50(34-15-5-3-6-16-34)48-32-47-41-22-10-9-21-40(41)43-25-13-26-44(53(43)47)54(48)51(56(46)55)35-17-7-4-8-18-35/h3-32H,1H3. The number of fused-ring (bicyclic) bond motifs is 8. The summed E-state index contributed by atoms with van der Waals surface area (Å²) in [7, 11) is 0. The zero-order chi connectivity index (χ0) is 37.8. The third-order valence-corrected chi connectivity index (χ3v) is 12.6. The molecule has 0 aromatic heterocycles. The second-order valence-corrected chi connectivity index (χ2v) is 15.4. The third-order valence-electron chi connectivity index (χ3n) is 12.6. The maximum atomic E-state index is 7.72. The minimum Gasteiger partial charge on any atom is -0.238 e. The second-order valence-electron chi connectivity index (χ2n) is 15.4. The number of rotatable bonds is 4. The summed E-state index contributed by atoms with van der Waals surface area (Å²) in [4.78, 5) is 3.79. The van der Waals surface area contributed by atoms with Crippen molar-refractivity contribution in [2.75, 3.05) is 0 Å². The normalized spacial score (nSPS) is 11.9. The van der Waals surface area contributed by atoms with Crippen LogP contribution >= 0.6 is 0 Å². The van der Waals surface area contributed by atoms with Gasteiger partial charge in [-0.05, 0) is 145 Å². The van der Waals surface area contributed by atoms with Gasteiger partial charge in [0.15, 0.2) is 5.69 Å². The topological polar surface area (TPSA) is 4.36 Å². The maximum Gasteiger partial charge on any atom is 0.190 e. The van der Waals surface area contributed by atoms with E-state index in [0.29, 0.717) is 5.69 Å². The predicted molar refractivity (Wildman–Crippen MR) is 244 cm³/mol. The summed E-state index contributed by atoms with van der Waals surface area (Å²) in [5.74, 6) is 0. The Balaban J connectivity index is 1.27. The first kappa shape index (κ1) is 31.8. The molecule has 0 atom stereocenters. The molecule has 0 saturated carbocycles. The van der Waals surface area contributed by atoms with Gasteiger partial charge in [-0.25, -0.2) is 4.85 Å². The van der Waals surface area contributed by atoms with E-state index >= 15 is 0 Å². The van der Waals surface area contributed by atoms with Gasteiger partial charge in [0.2, 0.25) is 0 Å². The minimum atomic E-state index is 0.697. The molecule has 0 heterocycles. The Morgan fingerprint density at radius 2 is 0.825 bits per heavy atom. The summed E-state index contributed by atoms with van der Waals surface area (Å²) in [6, 6.07) is 66.9. The zero-order valence-electron chi connectivity index (χ0n) is 31.3. The number of nitrogens with zero attached hydrogens (tertiary/aromatic N) is 1. The minimum absolute atomic E-state index is 0.697. The number of hydrogen-bond acceptors (Lipinski definition) is 0. The van der Waals surface area contributed by atoms with Crippen molar-refractivity contribution in [2.24, 2.45) is 0 Å². The van der Waals surface area contributed by atoms with E-state index < -0.39 is 0 Å². The Morgan fingerprint density at radius 3 is 1.56 bits per heavy atom. The smallest absolute Gasteiger partial charge is 0.190 e. The highest BCUT2D eigenvalue weighted by Crippen LogP contribution is 2.55. The number of hydrogen-bond donors (Lipinski definition) is 0. The lowest BCUT2D eigenvalue weighted by atomic mass is 9.84. The largest absolute Gasteiger partial charge is 0.238 e. The quantitative estimate of drug-likeness (QED) is 0.126. The molecule has 0 aliphatic rings. The molecular formula is C56H33N. The highest BCUT2D eigenvalue weighted by molar-refractivity contribution is 6.45. The van der Waals surface area contributed by atoms with E-state index in [-0.39, 0.29) is 0 Å². The molecule has 12 aromatic carbocycles. The van der Waals surface area contributed by atoms with Crippen LogP contribution in [-0.4, -0.2) is 0 Å². The third kappa shape index (κ3) is 4.39. The van der Waals surface area contributed by atoms with Crippen LogP contribution in [0.2, 0.25) is 0 Å². The predicted octanol–water partition coefficient (Wildman–Crippen LogP) is 16.2. The molecule has 0 unspecified atom stereocenters. The molecule has 1 heteroatoms. The monoisotopic (exact) mass is 719 g/mol. The molecule has 0 fully saturated rings. The van der Waals surface area contributed by atoms with Crippen LogP contribution in [0.15, 0.2) is 182 Å². The summed E-state index contributed by atoms with van der Waals surface area (Å²) in [5.41, 5.74) is 11.3. The van der Waals surface area contributed by atoms with Crippen LogP contribution in [0.4, 0.5) is 5.69 Å². The Hall–Kier alpha value is -7.53. The summed E-state index contributed by atoms with van der Waals surface area (Å²) < 4.78 is 0. The van der Waals surface area contributed by atoms with Gasteiger partial charge in [0.05, 0.1) is 6.57 Å². The van der Waals surface area contributed by atoms with E-state index in [1.165, 1.54) is 109 Å². The Morgan fingerprint density at radius 1 is 0.316 bits per heavy atom. The first-order valence-corrected chi connectivity index (χ1v) is 19.6. The molecule has 0 aliphatic heterocycles. The van der Waals surface area contributed by atoms with Gasteiger partial charge in [0, 0.05) is 0 Å². The molecule has 0 saturated heterocycles. The van der Waals surface area contributed by atoms with Crippen molar-refractivity contribution in [2.45, 2.75) is 6.92 Å². The molecular weight excluding hydrogens is 687 g/mol.